The van der Waals surface area contributed by atoms with E-state index in [-0.39, 0.29) is 0 Å². The molecule has 0 saturated heterocycles. The fourth-order valence-corrected chi connectivity index (χ4v) is 2.59. The van der Waals surface area contributed by atoms with Gasteiger partial charge < -0.3 is 0 Å². The molecule has 0 bridgehead atoms. The lowest BCUT2D eigenvalue weighted by atomic mass is 9.77. The van der Waals surface area contributed by atoms with Crippen molar-refractivity contribution in [1.29, 1.82) is 0 Å². The smallest absolute Gasteiger partial charge is 0.0166 e. The van der Waals surface area contributed by atoms with Gasteiger partial charge in [0.05, 0.1) is 0 Å². The highest BCUT2D eigenvalue weighted by Crippen LogP contribution is 2.34. The first-order chi connectivity index (χ1) is 6.88. The lowest BCUT2D eigenvalue weighted by Gasteiger charge is -2.28. The number of hydrogen-bond acceptors (Lipinski definition) is 0. The monoisotopic (exact) mass is 188 g/mol. The summed E-state index contributed by atoms with van der Waals surface area (Å²) in [5.41, 5.74) is 1.53. The van der Waals surface area contributed by atoms with E-state index in [1.54, 1.807) is 0 Å². The summed E-state index contributed by atoms with van der Waals surface area (Å²) in [7, 11) is 0. The Bertz CT molecular complexity index is 231. The third kappa shape index (κ3) is 2.17. The van der Waals surface area contributed by atoms with Crippen LogP contribution in [0.1, 0.15) is 38.5 Å². The second-order valence-electron chi connectivity index (χ2n) is 4.54. The van der Waals surface area contributed by atoms with Crippen molar-refractivity contribution >= 4 is 0 Å². The largest absolute Gasteiger partial charge is 0.0993 e. The number of allylic oxidation sites excluding steroid dienone is 5. The fraction of sp³-hybridized carbons (Fsp3) is 0.571. The van der Waals surface area contributed by atoms with Crippen LogP contribution in [0.3, 0.4) is 0 Å². The van der Waals surface area contributed by atoms with Crippen LogP contribution in [-0.4, -0.2) is 0 Å². The van der Waals surface area contributed by atoms with Gasteiger partial charge in [-0.1, -0.05) is 36.5 Å². The molecule has 0 N–H and O–H groups in total. The average Bonchev–Trinajstić information content (AvgIpc) is 2.30. The van der Waals surface area contributed by atoms with Gasteiger partial charge in [0.2, 0.25) is 0 Å². The molecule has 76 valence electrons. The second-order valence-corrected chi connectivity index (χ2v) is 4.54. The first-order valence-electron chi connectivity index (χ1n) is 5.86. The molecular formula is C14H20. The Kier molecular flexibility index (Phi) is 3.23. The molecule has 0 fully saturated rings. The summed E-state index contributed by atoms with van der Waals surface area (Å²) in [6.45, 7) is 4.33. The van der Waals surface area contributed by atoms with E-state index >= 15 is 0 Å². The van der Waals surface area contributed by atoms with Crippen LogP contribution in [0.25, 0.3) is 0 Å². The highest BCUT2D eigenvalue weighted by atomic mass is 14.3. The maximum Gasteiger partial charge on any atom is -0.0166 e. The van der Waals surface area contributed by atoms with E-state index in [2.05, 4.69) is 30.9 Å². The molecule has 0 spiro atoms. The summed E-state index contributed by atoms with van der Waals surface area (Å²) in [6.07, 6.45) is 16.9. The van der Waals surface area contributed by atoms with Crippen LogP contribution in [0.15, 0.2) is 36.5 Å². The van der Waals surface area contributed by atoms with E-state index in [4.69, 9.17) is 0 Å². The van der Waals surface area contributed by atoms with E-state index in [9.17, 15) is 0 Å². The minimum Gasteiger partial charge on any atom is -0.0993 e. The third-order valence-corrected chi connectivity index (χ3v) is 3.59. The zero-order valence-electron chi connectivity index (χ0n) is 8.91. The molecule has 0 aromatic rings. The molecule has 2 aliphatic rings. The first-order valence-corrected chi connectivity index (χ1v) is 5.86. The van der Waals surface area contributed by atoms with Gasteiger partial charge in [0.15, 0.2) is 0 Å². The first kappa shape index (κ1) is 9.76. The Morgan fingerprint density at radius 3 is 1.71 bits per heavy atom. The average molecular weight is 188 g/mol. The molecule has 14 heavy (non-hydrogen) atoms. The van der Waals surface area contributed by atoms with E-state index < -0.39 is 0 Å². The van der Waals surface area contributed by atoms with Gasteiger partial charge in [-0.3, -0.25) is 0 Å². The quantitative estimate of drug-likeness (QED) is 0.568. The van der Waals surface area contributed by atoms with Crippen molar-refractivity contribution in [1.82, 2.24) is 0 Å². The van der Waals surface area contributed by atoms with Crippen LogP contribution < -0.4 is 0 Å². The van der Waals surface area contributed by atoms with Crippen molar-refractivity contribution in [2.24, 2.45) is 11.8 Å². The van der Waals surface area contributed by atoms with Crippen LogP contribution >= 0.6 is 0 Å². The fourth-order valence-electron chi connectivity index (χ4n) is 2.59. The minimum absolute atomic E-state index is 0.775. The highest BCUT2D eigenvalue weighted by Gasteiger charge is 2.21. The SMILES string of the molecule is C=C(C1CC=CCC1)C1CC=CCC1. The van der Waals surface area contributed by atoms with Gasteiger partial charge in [-0.05, 0) is 50.4 Å². The van der Waals surface area contributed by atoms with Gasteiger partial charge in [-0.15, -0.1) is 0 Å². The number of rotatable bonds is 2. The van der Waals surface area contributed by atoms with Crippen molar-refractivity contribution in [2.75, 3.05) is 0 Å². The molecule has 2 rings (SSSR count). The summed E-state index contributed by atoms with van der Waals surface area (Å²) in [5, 5.41) is 0. The van der Waals surface area contributed by atoms with E-state index in [0.29, 0.717) is 0 Å². The summed E-state index contributed by atoms with van der Waals surface area (Å²) >= 11 is 0. The van der Waals surface area contributed by atoms with Gasteiger partial charge in [0, 0.05) is 0 Å². The molecule has 0 nitrogen and oxygen atoms in total. The summed E-state index contributed by atoms with van der Waals surface area (Å²) < 4.78 is 0. The lowest BCUT2D eigenvalue weighted by Crippen LogP contribution is -2.14. The van der Waals surface area contributed by atoms with E-state index in [0.717, 1.165) is 11.8 Å². The van der Waals surface area contributed by atoms with Gasteiger partial charge in [0.1, 0.15) is 0 Å². The maximum atomic E-state index is 4.33. The molecule has 2 unspecified atom stereocenters. The maximum absolute atomic E-state index is 4.33. The Balaban J connectivity index is 1.93. The molecule has 2 atom stereocenters. The zero-order valence-corrected chi connectivity index (χ0v) is 8.91. The van der Waals surface area contributed by atoms with Crippen molar-refractivity contribution in [3.05, 3.63) is 36.5 Å². The van der Waals surface area contributed by atoms with E-state index in [1.165, 1.54) is 44.1 Å². The van der Waals surface area contributed by atoms with Crippen molar-refractivity contribution in [3.8, 4) is 0 Å². The molecular weight excluding hydrogens is 168 g/mol. The van der Waals surface area contributed by atoms with Gasteiger partial charge >= 0.3 is 0 Å². The molecule has 0 aliphatic heterocycles. The van der Waals surface area contributed by atoms with Crippen LogP contribution in [0.2, 0.25) is 0 Å². The van der Waals surface area contributed by atoms with Crippen LogP contribution in [0, 0.1) is 11.8 Å². The molecule has 0 saturated carbocycles. The van der Waals surface area contributed by atoms with Crippen LogP contribution in [-0.2, 0) is 0 Å². The summed E-state index contributed by atoms with van der Waals surface area (Å²) in [5.74, 6) is 1.55. The van der Waals surface area contributed by atoms with Crippen molar-refractivity contribution in [2.45, 2.75) is 38.5 Å². The lowest BCUT2D eigenvalue weighted by molar-refractivity contribution is 0.446. The Morgan fingerprint density at radius 2 is 1.36 bits per heavy atom. The molecule has 0 heterocycles. The molecule has 0 heteroatoms. The van der Waals surface area contributed by atoms with Gasteiger partial charge in [0.25, 0.3) is 0 Å². The summed E-state index contributed by atoms with van der Waals surface area (Å²) in [6, 6.07) is 0. The Hall–Kier alpha value is -0.780. The normalized spacial score (nSPS) is 31.7. The molecule has 2 aliphatic carbocycles. The zero-order chi connectivity index (χ0) is 9.80. The van der Waals surface area contributed by atoms with Crippen LogP contribution in [0.5, 0.6) is 0 Å². The van der Waals surface area contributed by atoms with Gasteiger partial charge in [-0.25, -0.2) is 0 Å². The van der Waals surface area contributed by atoms with Crippen LogP contribution in [0.4, 0.5) is 0 Å². The minimum atomic E-state index is 0.775. The van der Waals surface area contributed by atoms with Gasteiger partial charge in [-0.2, -0.15) is 0 Å². The standard InChI is InChI=1S/C14H20/c1-12(13-8-4-2-5-9-13)14-10-6-3-7-11-14/h2-4,6,13-14H,1,5,7-11H2. The third-order valence-electron chi connectivity index (χ3n) is 3.59. The molecule has 0 aromatic heterocycles. The molecule has 0 amide bonds. The Morgan fingerprint density at radius 1 is 0.857 bits per heavy atom. The predicted molar refractivity (Wildman–Crippen MR) is 62.1 cm³/mol. The highest BCUT2D eigenvalue weighted by molar-refractivity contribution is 5.13. The molecule has 0 radical (unpaired) electrons. The summed E-state index contributed by atoms with van der Waals surface area (Å²) in [4.78, 5) is 0. The molecule has 0 aromatic carbocycles. The number of hydrogen-bond donors (Lipinski definition) is 0. The van der Waals surface area contributed by atoms with Crippen molar-refractivity contribution in [3.63, 3.8) is 0 Å². The second kappa shape index (κ2) is 4.63. The topological polar surface area (TPSA) is 0 Å². The predicted octanol–water partition coefficient (Wildman–Crippen LogP) is 4.26. The van der Waals surface area contributed by atoms with E-state index in [1.807, 2.05) is 0 Å². The van der Waals surface area contributed by atoms with Crippen molar-refractivity contribution < 1.29 is 0 Å². The Labute approximate surface area is 87.4 Å².